The molecule has 1 aliphatic rings. The fraction of sp³-hybridized carbons (Fsp3) is 0.615. The molecule has 1 aromatic heterocycles. The molecule has 3 N–H and O–H groups in total. The SMILES string of the molecule is CC(C)(C)[C@H](NC(=O)c1nn(CCOCC(F)(F)F)c2c(F)cccc12)C(=O)N1CCCC(C(=O)NCCO)C1. The van der Waals surface area contributed by atoms with Gasteiger partial charge in [-0.05, 0) is 24.3 Å². The van der Waals surface area contributed by atoms with Crippen LogP contribution in [0.3, 0.4) is 0 Å². The van der Waals surface area contributed by atoms with E-state index in [4.69, 9.17) is 5.11 Å². The van der Waals surface area contributed by atoms with Gasteiger partial charge in [-0.25, -0.2) is 4.39 Å². The molecule has 14 heteroatoms. The highest BCUT2D eigenvalue weighted by atomic mass is 19.4. The molecule has 2 aromatic rings. The van der Waals surface area contributed by atoms with Crippen LogP contribution in [0.4, 0.5) is 17.6 Å². The number of carbonyl (C=O) groups excluding carboxylic acids is 3. The molecule has 0 bridgehead atoms. The van der Waals surface area contributed by atoms with E-state index in [1.165, 1.54) is 17.0 Å². The van der Waals surface area contributed by atoms with Crippen LogP contribution in [0.5, 0.6) is 0 Å². The minimum absolute atomic E-state index is 0.0744. The fourth-order valence-corrected chi connectivity index (χ4v) is 4.61. The van der Waals surface area contributed by atoms with Crippen molar-refractivity contribution < 1.29 is 41.8 Å². The van der Waals surface area contributed by atoms with Crippen LogP contribution in [0.25, 0.3) is 10.9 Å². The second-order valence-electron chi connectivity index (χ2n) is 10.8. The number of aromatic nitrogens is 2. The van der Waals surface area contributed by atoms with Gasteiger partial charge in [0, 0.05) is 25.0 Å². The maximum atomic E-state index is 14.7. The van der Waals surface area contributed by atoms with Gasteiger partial charge < -0.3 is 25.4 Å². The number of rotatable bonds is 10. The van der Waals surface area contributed by atoms with E-state index in [0.29, 0.717) is 19.4 Å². The van der Waals surface area contributed by atoms with E-state index in [1.807, 2.05) is 0 Å². The topological polar surface area (TPSA) is 126 Å². The summed E-state index contributed by atoms with van der Waals surface area (Å²) in [5, 5.41) is 18.6. The lowest BCUT2D eigenvalue weighted by molar-refractivity contribution is -0.174. The smallest absolute Gasteiger partial charge is 0.395 e. The van der Waals surface area contributed by atoms with Crippen molar-refractivity contribution >= 4 is 28.6 Å². The Kier molecular flexibility index (Phi) is 10.1. The molecule has 222 valence electrons. The van der Waals surface area contributed by atoms with Crippen molar-refractivity contribution in [1.29, 1.82) is 0 Å². The van der Waals surface area contributed by atoms with E-state index in [9.17, 15) is 31.9 Å². The van der Waals surface area contributed by atoms with Gasteiger partial charge in [-0.1, -0.05) is 32.9 Å². The van der Waals surface area contributed by atoms with Gasteiger partial charge in [-0.2, -0.15) is 18.3 Å². The molecule has 2 atom stereocenters. The summed E-state index contributed by atoms with van der Waals surface area (Å²) in [6.07, 6.45) is -3.36. The second-order valence-corrected chi connectivity index (χ2v) is 10.8. The first-order chi connectivity index (χ1) is 18.7. The van der Waals surface area contributed by atoms with Crippen LogP contribution in [0.1, 0.15) is 44.1 Å². The van der Waals surface area contributed by atoms with Gasteiger partial charge in [-0.15, -0.1) is 0 Å². The van der Waals surface area contributed by atoms with Gasteiger partial charge in [0.25, 0.3) is 5.91 Å². The molecule has 1 aliphatic heterocycles. The molecule has 1 saturated heterocycles. The average molecular weight is 574 g/mol. The lowest BCUT2D eigenvalue weighted by atomic mass is 9.84. The molecule has 0 aliphatic carbocycles. The van der Waals surface area contributed by atoms with Crippen molar-refractivity contribution in [1.82, 2.24) is 25.3 Å². The number of hydrogen-bond acceptors (Lipinski definition) is 6. The number of fused-ring (bicyclic) bond motifs is 1. The third-order valence-electron chi connectivity index (χ3n) is 6.55. The zero-order valence-electron chi connectivity index (χ0n) is 22.7. The number of amides is 3. The molecule has 3 amide bonds. The number of carbonyl (C=O) groups is 3. The second kappa shape index (κ2) is 12.9. The Balaban J connectivity index is 1.81. The molecule has 0 spiro atoms. The van der Waals surface area contributed by atoms with Gasteiger partial charge >= 0.3 is 6.18 Å². The van der Waals surface area contributed by atoms with Crippen LogP contribution in [0, 0.1) is 17.2 Å². The molecule has 1 fully saturated rings. The first-order valence-electron chi connectivity index (χ1n) is 13.0. The minimum Gasteiger partial charge on any atom is -0.395 e. The van der Waals surface area contributed by atoms with E-state index in [2.05, 4.69) is 20.5 Å². The number of likely N-dealkylation sites (tertiary alicyclic amines) is 1. The normalized spacial score (nSPS) is 17.1. The molecular formula is C26H35F4N5O5. The monoisotopic (exact) mass is 573 g/mol. The third kappa shape index (κ3) is 7.90. The van der Waals surface area contributed by atoms with Crippen LogP contribution in [-0.4, -0.2) is 89.2 Å². The molecule has 3 rings (SSSR count). The van der Waals surface area contributed by atoms with E-state index >= 15 is 0 Å². The first kappa shape index (κ1) is 31.3. The predicted molar refractivity (Wildman–Crippen MR) is 137 cm³/mol. The molecular weight excluding hydrogens is 538 g/mol. The zero-order chi connectivity index (χ0) is 29.7. The Hall–Kier alpha value is -3.26. The third-order valence-corrected chi connectivity index (χ3v) is 6.55. The lowest BCUT2D eigenvalue weighted by Gasteiger charge is -2.38. The number of nitrogens with one attached hydrogen (secondary N) is 2. The number of ether oxygens (including phenoxy) is 1. The number of hydrogen-bond donors (Lipinski definition) is 3. The Morgan fingerprint density at radius 3 is 2.60 bits per heavy atom. The summed E-state index contributed by atoms with van der Waals surface area (Å²) in [4.78, 5) is 41.0. The highest BCUT2D eigenvalue weighted by Crippen LogP contribution is 2.27. The van der Waals surface area contributed by atoms with Crippen molar-refractivity contribution in [2.75, 3.05) is 39.5 Å². The Bertz CT molecular complexity index is 1210. The number of alkyl halides is 3. The molecule has 1 unspecified atom stereocenters. The lowest BCUT2D eigenvalue weighted by Crippen LogP contribution is -2.57. The summed E-state index contributed by atoms with van der Waals surface area (Å²) >= 11 is 0. The molecule has 0 saturated carbocycles. The van der Waals surface area contributed by atoms with Crippen LogP contribution in [-0.2, 0) is 20.9 Å². The predicted octanol–water partition coefficient (Wildman–Crippen LogP) is 2.25. The number of aliphatic hydroxyl groups excluding tert-OH is 1. The van der Waals surface area contributed by atoms with E-state index in [0.717, 1.165) is 10.7 Å². The number of halogens is 4. The van der Waals surface area contributed by atoms with Crippen molar-refractivity contribution in [3.05, 3.63) is 29.7 Å². The number of piperidine rings is 1. The molecule has 40 heavy (non-hydrogen) atoms. The first-order valence-corrected chi connectivity index (χ1v) is 13.0. The average Bonchev–Trinajstić information content (AvgIpc) is 3.26. The summed E-state index contributed by atoms with van der Waals surface area (Å²) in [5.41, 5.74) is -1.02. The van der Waals surface area contributed by atoms with Crippen molar-refractivity contribution in [2.45, 2.75) is 52.4 Å². The maximum Gasteiger partial charge on any atom is 0.411 e. The standard InChI is InChI=1S/C26H35F4N5O5/c1-25(2,3)21(24(39)34-10-5-6-16(14-34)22(37)31-9-12-36)32-23(38)19-17-7-4-8-18(27)20(17)35(33-19)11-13-40-15-26(28,29)30/h4,7-8,16,21,36H,5-6,9-15H2,1-3H3,(H,31,37)(H,32,38)/t16?,21-/m1/s1. The zero-order valence-corrected chi connectivity index (χ0v) is 22.7. The van der Waals surface area contributed by atoms with E-state index in [-0.39, 0.29) is 48.7 Å². The van der Waals surface area contributed by atoms with Gasteiger partial charge in [0.15, 0.2) is 5.69 Å². The highest BCUT2D eigenvalue weighted by Gasteiger charge is 2.39. The number of nitrogens with zero attached hydrogens (tertiary/aromatic N) is 3. The molecule has 1 aromatic carbocycles. The molecule has 0 radical (unpaired) electrons. The van der Waals surface area contributed by atoms with Crippen LogP contribution >= 0.6 is 0 Å². The van der Waals surface area contributed by atoms with Crippen LogP contribution in [0.2, 0.25) is 0 Å². The van der Waals surface area contributed by atoms with Gasteiger partial charge in [0.1, 0.15) is 24.0 Å². The molecule has 2 heterocycles. The summed E-state index contributed by atoms with van der Waals surface area (Å²) in [5.74, 6) is -2.59. The van der Waals surface area contributed by atoms with Crippen LogP contribution < -0.4 is 10.6 Å². The van der Waals surface area contributed by atoms with Crippen LogP contribution in [0.15, 0.2) is 18.2 Å². The minimum atomic E-state index is -4.52. The fourth-order valence-electron chi connectivity index (χ4n) is 4.61. The van der Waals surface area contributed by atoms with Crippen molar-refractivity contribution in [2.24, 2.45) is 11.3 Å². The Morgan fingerprint density at radius 1 is 1.23 bits per heavy atom. The summed E-state index contributed by atoms with van der Waals surface area (Å²) in [6, 6.07) is 2.96. The van der Waals surface area contributed by atoms with Gasteiger partial charge in [-0.3, -0.25) is 19.1 Å². The number of benzene rings is 1. The Morgan fingerprint density at radius 2 is 1.95 bits per heavy atom. The number of aliphatic hydroxyl groups is 1. The summed E-state index contributed by atoms with van der Waals surface area (Å²) in [6.45, 7) is 3.61. The summed E-state index contributed by atoms with van der Waals surface area (Å²) in [7, 11) is 0. The van der Waals surface area contributed by atoms with Gasteiger partial charge in [0.05, 0.1) is 25.7 Å². The number of para-hydroxylation sites is 1. The summed E-state index contributed by atoms with van der Waals surface area (Å²) < 4.78 is 57.6. The Labute approximate surface area is 229 Å². The largest absolute Gasteiger partial charge is 0.411 e. The van der Waals surface area contributed by atoms with E-state index < -0.39 is 54.4 Å². The maximum absolute atomic E-state index is 14.7. The molecule has 10 nitrogen and oxygen atoms in total. The highest BCUT2D eigenvalue weighted by molar-refractivity contribution is 6.06. The quantitative estimate of drug-likeness (QED) is 0.296. The van der Waals surface area contributed by atoms with Crippen molar-refractivity contribution in [3.63, 3.8) is 0 Å². The van der Waals surface area contributed by atoms with E-state index in [1.54, 1.807) is 20.8 Å². The van der Waals surface area contributed by atoms with Gasteiger partial charge in [0.2, 0.25) is 11.8 Å². The van der Waals surface area contributed by atoms with Crippen molar-refractivity contribution in [3.8, 4) is 0 Å².